The summed E-state index contributed by atoms with van der Waals surface area (Å²) in [6.45, 7) is 7.08. The second-order valence-corrected chi connectivity index (χ2v) is 5.29. The monoisotopic (exact) mass is 289 g/mol. The van der Waals surface area contributed by atoms with Gasteiger partial charge in [-0.2, -0.15) is 4.98 Å². The fraction of sp³-hybridized carbons (Fsp3) is 0.615. The van der Waals surface area contributed by atoms with E-state index in [1.807, 2.05) is 0 Å². The van der Waals surface area contributed by atoms with E-state index >= 15 is 0 Å². The number of aromatic nitrogens is 4. The number of anilines is 2. The lowest BCUT2D eigenvalue weighted by atomic mass is 10.3. The molecule has 4 heterocycles. The highest BCUT2D eigenvalue weighted by Gasteiger charge is 2.20. The number of rotatable bonds is 2. The van der Waals surface area contributed by atoms with Crippen molar-refractivity contribution in [1.29, 1.82) is 0 Å². The van der Waals surface area contributed by atoms with E-state index in [1.54, 1.807) is 6.33 Å². The predicted octanol–water partition coefficient (Wildman–Crippen LogP) is -0.401. The van der Waals surface area contributed by atoms with Gasteiger partial charge >= 0.3 is 0 Å². The Labute approximate surface area is 122 Å². The average molecular weight is 289 g/mol. The van der Waals surface area contributed by atoms with Crippen molar-refractivity contribution in [3.8, 4) is 0 Å². The van der Waals surface area contributed by atoms with Gasteiger partial charge in [-0.1, -0.05) is 0 Å². The summed E-state index contributed by atoms with van der Waals surface area (Å²) in [6, 6.07) is 0. The summed E-state index contributed by atoms with van der Waals surface area (Å²) in [4.78, 5) is 21.3. The van der Waals surface area contributed by atoms with Crippen LogP contribution in [0.2, 0.25) is 0 Å². The summed E-state index contributed by atoms with van der Waals surface area (Å²) in [7, 11) is 0. The summed E-state index contributed by atoms with van der Waals surface area (Å²) < 4.78 is 5.39. The number of hydrogen-bond donors (Lipinski definition) is 2. The molecule has 2 N–H and O–H groups in total. The number of morpholine rings is 1. The molecule has 2 fully saturated rings. The number of ether oxygens (including phenoxy) is 1. The highest BCUT2D eigenvalue weighted by atomic mass is 16.5. The lowest BCUT2D eigenvalue weighted by molar-refractivity contribution is 0.122. The molecule has 0 aliphatic carbocycles. The molecule has 2 aliphatic heterocycles. The Bertz CT molecular complexity index is 616. The van der Waals surface area contributed by atoms with Crippen molar-refractivity contribution in [1.82, 2.24) is 25.3 Å². The third-order valence-corrected chi connectivity index (χ3v) is 3.98. The van der Waals surface area contributed by atoms with E-state index in [9.17, 15) is 0 Å². The Balaban J connectivity index is 1.69. The Kier molecular flexibility index (Phi) is 3.32. The number of piperazine rings is 1. The molecule has 0 saturated carbocycles. The standard InChI is InChI=1S/C13H19N7O/c1-3-19(4-2-14-1)12-10-11(15-9-16-12)18-13(17-10)20-5-7-21-8-6-20/h9,14H,1-8H2,(H,15,16,17,18). The van der Waals surface area contributed by atoms with Crippen LogP contribution in [0.1, 0.15) is 0 Å². The molecular formula is C13H19N7O. The first-order valence-electron chi connectivity index (χ1n) is 7.41. The van der Waals surface area contributed by atoms with Gasteiger partial charge in [0, 0.05) is 39.3 Å². The summed E-state index contributed by atoms with van der Waals surface area (Å²) >= 11 is 0. The van der Waals surface area contributed by atoms with Crippen LogP contribution in [-0.2, 0) is 4.74 Å². The molecule has 0 bridgehead atoms. The Hall–Kier alpha value is -1.93. The van der Waals surface area contributed by atoms with Crippen LogP contribution < -0.4 is 15.1 Å². The second-order valence-electron chi connectivity index (χ2n) is 5.29. The van der Waals surface area contributed by atoms with Crippen LogP contribution in [0.4, 0.5) is 11.8 Å². The van der Waals surface area contributed by atoms with Crippen LogP contribution in [0, 0.1) is 0 Å². The van der Waals surface area contributed by atoms with Crippen molar-refractivity contribution in [3.05, 3.63) is 6.33 Å². The molecule has 0 radical (unpaired) electrons. The van der Waals surface area contributed by atoms with Crippen molar-refractivity contribution in [3.63, 3.8) is 0 Å². The highest BCUT2D eigenvalue weighted by Crippen LogP contribution is 2.24. The van der Waals surface area contributed by atoms with Gasteiger partial charge < -0.3 is 24.8 Å². The van der Waals surface area contributed by atoms with Crippen LogP contribution in [0.3, 0.4) is 0 Å². The minimum atomic E-state index is 0.736. The van der Waals surface area contributed by atoms with Crippen LogP contribution in [0.25, 0.3) is 11.2 Å². The van der Waals surface area contributed by atoms with E-state index in [-0.39, 0.29) is 0 Å². The van der Waals surface area contributed by atoms with E-state index in [2.05, 4.69) is 35.1 Å². The minimum absolute atomic E-state index is 0.736. The number of nitrogens with one attached hydrogen (secondary N) is 2. The van der Waals surface area contributed by atoms with Crippen LogP contribution in [-0.4, -0.2) is 72.4 Å². The van der Waals surface area contributed by atoms with Crippen LogP contribution in [0.5, 0.6) is 0 Å². The van der Waals surface area contributed by atoms with E-state index in [1.165, 1.54) is 0 Å². The van der Waals surface area contributed by atoms with Crippen molar-refractivity contribution >= 4 is 22.9 Å². The zero-order valence-electron chi connectivity index (χ0n) is 11.9. The van der Waals surface area contributed by atoms with Crippen molar-refractivity contribution in [2.24, 2.45) is 0 Å². The zero-order valence-corrected chi connectivity index (χ0v) is 11.9. The predicted molar refractivity (Wildman–Crippen MR) is 79.8 cm³/mol. The van der Waals surface area contributed by atoms with Crippen LogP contribution >= 0.6 is 0 Å². The molecule has 112 valence electrons. The molecular weight excluding hydrogens is 270 g/mol. The normalized spacial score (nSPS) is 20.2. The second kappa shape index (κ2) is 5.45. The molecule has 8 nitrogen and oxygen atoms in total. The largest absolute Gasteiger partial charge is 0.378 e. The molecule has 0 aromatic carbocycles. The molecule has 8 heteroatoms. The van der Waals surface area contributed by atoms with Gasteiger partial charge in [-0.05, 0) is 0 Å². The Morgan fingerprint density at radius 1 is 1.00 bits per heavy atom. The van der Waals surface area contributed by atoms with E-state index < -0.39 is 0 Å². The number of aromatic amines is 1. The fourth-order valence-corrected chi connectivity index (χ4v) is 2.85. The molecule has 4 rings (SSSR count). The molecule has 0 unspecified atom stereocenters. The maximum Gasteiger partial charge on any atom is 0.205 e. The van der Waals surface area contributed by atoms with Gasteiger partial charge in [0.1, 0.15) is 11.8 Å². The van der Waals surface area contributed by atoms with Crippen molar-refractivity contribution in [2.45, 2.75) is 0 Å². The Morgan fingerprint density at radius 2 is 1.81 bits per heavy atom. The first kappa shape index (κ1) is 12.8. The molecule has 0 amide bonds. The fourth-order valence-electron chi connectivity index (χ4n) is 2.85. The minimum Gasteiger partial charge on any atom is -0.378 e. The topological polar surface area (TPSA) is 82.2 Å². The number of imidazole rings is 1. The maximum absolute atomic E-state index is 5.39. The van der Waals surface area contributed by atoms with E-state index in [0.717, 1.165) is 75.4 Å². The maximum atomic E-state index is 5.39. The summed E-state index contributed by atoms with van der Waals surface area (Å²) in [5.41, 5.74) is 1.67. The van der Waals surface area contributed by atoms with Gasteiger partial charge in [0.25, 0.3) is 0 Å². The van der Waals surface area contributed by atoms with Gasteiger partial charge in [0.15, 0.2) is 11.5 Å². The first-order chi connectivity index (χ1) is 10.4. The molecule has 0 spiro atoms. The van der Waals surface area contributed by atoms with Gasteiger partial charge in [-0.3, -0.25) is 0 Å². The number of H-pyrrole nitrogens is 1. The van der Waals surface area contributed by atoms with Crippen molar-refractivity contribution < 1.29 is 4.74 Å². The summed E-state index contributed by atoms with van der Waals surface area (Å²) in [5, 5.41) is 3.36. The van der Waals surface area contributed by atoms with E-state index in [0.29, 0.717) is 0 Å². The quantitative estimate of drug-likeness (QED) is 0.778. The number of fused-ring (bicyclic) bond motifs is 1. The van der Waals surface area contributed by atoms with Gasteiger partial charge in [0.2, 0.25) is 5.95 Å². The summed E-state index contributed by atoms with van der Waals surface area (Å²) in [5.74, 6) is 1.82. The molecule has 2 saturated heterocycles. The average Bonchev–Trinajstić information content (AvgIpc) is 3.00. The highest BCUT2D eigenvalue weighted by molar-refractivity contribution is 5.85. The van der Waals surface area contributed by atoms with Crippen molar-refractivity contribution in [2.75, 3.05) is 62.3 Å². The van der Waals surface area contributed by atoms with Gasteiger partial charge in [0.05, 0.1) is 13.2 Å². The van der Waals surface area contributed by atoms with Gasteiger partial charge in [-0.25, -0.2) is 9.97 Å². The lowest BCUT2D eigenvalue weighted by Crippen LogP contribution is -2.44. The smallest absolute Gasteiger partial charge is 0.205 e. The third-order valence-electron chi connectivity index (χ3n) is 3.98. The number of hydrogen-bond acceptors (Lipinski definition) is 7. The molecule has 2 aliphatic rings. The third kappa shape index (κ3) is 2.40. The van der Waals surface area contributed by atoms with E-state index in [4.69, 9.17) is 4.74 Å². The molecule has 21 heavy (non-hydrogen) atoms. The lowest BCUT2D eigenvalue weighted by Gasteiger charge is -2.28. The first-order valence-corrected chi connectivity index (χ1v) is 7.41. The summed E-state index contributed by atoms with van der Waals surface area (Å²) in [6.07, 6.45) is 1.60. The molecule has 2 aromatic rings. The number of nitrogens with zero attached hydrogens (tertiary/aromatic N) is 5. The SMILES string of the molecule is c1nc(N2CCNCC2)c2[nH]c(N3CCOCC3)nc2n1. The molecule has 0 atom stereocenters. The van der Waals surface area contributed by atoms with Crippen LogP contribution in [0.15, 0.2) is 6.33 Å². The zero-order chi connectivity index (χ0) is 14.1. The Morgan fingerprint density at radius 3 is 2.62 bits per heavy atom. The molecule has 2 aromatic heterocycles. The van der Waals surface area contributed by atoms with Gasteiger partial charge in [-0.15, -0.1) is 0 Å².